The molecule has 37 valence electrons. The lowest BCUT2D eigenvalue weighted by Gasteiger charge is -1.89. The Morgan fingerprint density at radius 1 is 1.57 bits per heavy atom. The fourth-order valence-electron chi connectivity index (χ4n) is 0.634. The van der Waals surface area contributed by atoms with Crippen molar-refractivity contribution in [2.24, 2.45) is 0 Å². The van der Waals surface area contributed by atoms with Crippen LogP contribution >= 0.6 is 0 Å². The highest BCUT2D eigenvalue weighted by atomic mass is 14.8. The van der Waals surface area contributed by atoms with Gasteiger partial charge < -0.3 is 5.32 Å². The van der Waals surface area contributed by atoms with Crippen molar-refractivity contribution in [3.8, 4) is 0 Å². The Labute approximate surface area is 45.0 Å². The van der Waals surface area contributed by atoms with Crippen molar-refractivity contribution >= 4 is 7.28 Å². The topological polar surface area (TPSA) is 12.0 Å². The summed E-state index contributed by atoms with van der Waals surface area (Å²) < 4.78 is 0. The molecule has 0 unspecified atom stereocenters. The van der Waals surface area contributed by atoms with Crippen LogP contribution in [0.2, 0.25) is 12.6 Å². The van der Waals surface area contributed by atoms with Gasteiger partial charge in [-0.25, -0.2) is 0 Å². The van der Waals surface area contributed by atoms with E-state index in [2.05, 4.69) is 18.7 Å². The molecule has 2 heteroatoms. The fraction of sp³-hybridized carbons (Fsp3) is 0.600. The van der Waals surface area contributed by atoms with Crippen molar-refractivity contribution in [2.45, 2.75) is 12.6 Å². The normalized spacial score (nSPS) is 19.4. The molecule has 1 heterocycles. The maximum atomic E-state index is 3.14. The van der Waals surface area contributed by atoms with E-state index in [9.17, 15) is 0 Å². The summed E-state index contributed by atoms with van der Waals surface area (Å²) >= 11 is 0. The number of allylic oxidation sites excluding steroid dienone is 1. The van der Waals surface area contributed by atoms with Gasteiger partial charge in [0, 0.05) is 6.54 Å². The zero-order chi connectivity index (χ0) is 4.95. The van der Waals surface area contributed by atoms with E-state index in [1.807, 2.05) is 6.20 Å². The molecule has 0 saturated heterocycles. The smallest absolute Gasteiger partial charge is 0.116 e. The number of hydrogen-bond acceptors (Lipinski definition) is 1. The summed E-state index contributed by atoms with van der Waals surface area (Å²) in [5.74, 6) is 0. The van der Waals surface area contributed by atoms with Gasteiger partial charge in [0.2, 0.25) is 0 Å². The zero-order valence-corrected chi connectivity index (χ0v) is 4.35. The van der Waals surface area contributed by atoms with Gasteiger partial charge in [-0.05, 0) is 6.20 Å². The van der Waals surface area contributed by atoms with Gasteiger partial charge in [0.05, 0.1) is 0 Å². The average molecular weight is 93.9 g/mol. The van der Waals surface area contributed by atoms with E-state index in [0.29, 0.717) is 0 Å². The molecule has 1 rings (SSSR count). The van der Waals surface area contributed by atoms with Crippen molar-refractivity contribution in [2.75, 3.05) is 6.54 Å². The third-order valence-corrected chi connectivity index (χ3v) is 1.03. The maximum absolute atomic E-state index is 3.14. The SMILES string of the molecule is [B]1CC=CNCC1. The molecule has 0 aromatic heterocycles. The van der Waals surface area contributed by atoms with Crippen LogP contribution in [0, 0.1) is 0 Å². The minimum absolute atomic E-state index is 1.11. The van der Waals surface area contributed by atoms with E-state index < -0.39 is 0 Å². The minimum Gasteiger partial charge on any atom is -0.392 e. The van der Waals surface area contributed by atoms with Crippen LogP contribution < -0.4 is 5.32 Å². The summed E-state index contributed by atoms with van der Waals surface area (Å²) in [4.78, 5) is 0. The van der Waals surface area contributed by atoms with E-state index in [1.165, 1.54) is 6.32 Å². The van der Waals surface area contributed by atoms with Gasteiger partial charge in [0.1, 0.15) is 7.28 Å². The molecule has 1 nitrogen and oxygen atoms in total. The van der Waals surface area contributed by atoms with Crippen molar-refractivity contribution < 1.29 is 0 Å². The quantitative estimate of drug-likeness (QED) is 0.434. The third kappa shape index (κ3) is 1.67. The summed E-state index contributed by atoms with van der Waals surface area (Å²) in [5.41, 5.74) is 0. The lowest BCUT2D eigenvalue weighted by atomic mass is 9.72. The summed E-state index contributed by atoms with van der Waals surface area (Å²) in [6.45, 7) is 1.11. The van der Waals surface area contributed by atoms with Crippen molar-refractivity contribution in [3.05, 3.63) is 12.3 Å². The van der Waals surface area contributed by atoms with Gasteiger partial charge in [0.15, 0.2) is 0 Å². The van der Waals surface area contributed by atoms with Crippen LogP contribution in [-0.4, -0.2) is 13.8 Å². The standard InChI is InChI=1S/C5H9BN/c1-2-6-3-5-7-4-1/h1,4,7H,2-3,5H2. The van der Waals surface area contributed by atoms with Gasteiger partial charge in [0.25, 0.3) is 0 Å². The lowest BCUT2D eigenvalue weighted by Crippen LogP contribution is -2.04. The van der Waals surface area contributed by atoms with Gasteiger partial charge >= 0.3 is 0 Å². The Morgan fingerprint density at radius 3 is 3.57 bits per heavy atom. The molecule has 1 N–H and O–H groups in total. The molecule has 1 radical (unpaired) electrons. The van der Waals surface area contributed by atoms with Crippen LogP contribution in [0.25, 0.3) is 0 Å². The maximum Gasteiger partial charge on any atom is 0.116 e. The Bertz CT molecular complexity index is 62.5. The monoisotopic (exact) mass is 94.1 g/mol. The van der Waals surface area contributed by atoms with E-state index in [-0.39, 0.29) is 0 Å². The number of rotatable bonds is 0. The van der Waals surface area contributed by atoms with Gasteiger partial charge in [-0.15, -0.1) is 0 Å². The Hall–Kier alpha value is -0.395. The van der Waals surface area contributed by atoms with Gasteiger partial charge in [-0.3, -0.25) is 0 Å². The highest BCUT2D eigenvalue weighted by Gasteiger charge is 1.89. The van der Waals surface area contributed by atoms with E-state index in [1.54, 1.807) is 0 Å². The molecule has 7 heavy (non-hydrogen) atoms. The molecule has 0 aromatic carbocycles. The second kappa shape index (κ2) is 2.72. The van der Waals surface area contributed by atoms with Crippen LogP contribution in [0.4, 0.5) is 0 Å². The van der Waals surface area contributed by atoms with E-state index in [4.69, 9.17) is 0 Å². The number of hydrogen-bond donors (Lipinski definition) is 1. The second-order valence-electron chi connectivity index (χ2n) is 1.67. The van der Waals surface area contributed by atoms with Gasteiger partial charge in [-0.1, -0.05) is 18.7 Å². The first-order valence-electron chi connectivity index (χ1n) is 2.70. The van der Waals surface area contributed by atoms with Crippen LogP contribution in [0.3, 0.4) is 0 Å². The molecule has 1 aliphatic heterocycles. The average Bonchev–Trinajstić information content (AvgIpc) is 1.90. The van der Waals surface area contributed by atoms with Crippen LogP contribution in [0.5, 0.6) is 0 Å². The van der Waals surface area contributed by atoms with Crippen molar-refractivity contribution in [1.29, 1.82) is 0 Å². The number of nitrogens with one attached hydrogen (secondary N) is 1. The molecule has 0 fully saturated rings. The summed E-state index contributed by atoms with van der Waals surface area (Å²) in [7, 11) is 2.27. The summed E-state index contributed by atoms with van der Waals surface area (Å²) in [5, 5.41) is 3.14. The second-order valence-corrected chi connectivity index (χ2v) is 1.67. The molecule has 0 aliphatic carbocycles. The largest absolute Gasteiger partial charge is 0.392 e. The van der Waals surface area contributed by atoms with Crippen molar-refractivity contribution in [3.63, 3.8) is 0 Å². The lowest BCUT2D eigenvalue weighted by molar-refractivity contribution is 0.920. The molecular formula is C5H9BN. The molecule has 0 bridgehead atoms. The fourth-order valence-corrected chi connectivity index (χ4v) is 0.634. The Morgan fingerprint density at radius 2 is 2.57 bits per heavy atom. The minimum atomic E-state index is 1.11. The zero-order valence-electron chi connectivity index (χ0n) is 4.35. The molecule has 0 spiro atoms. The van der Waals surface area contributed by atoms with Crippen LogP contribution in [0.15, 0.2) is 12.3 Å². The highest BCUT2D eigenvalue weighted by Crippen LogP contribution is 1.89. The van der Waals surface area contributed by atoms with Gasteiger partial charge in [-0.2, -0.15) is 0 Å². The van der Waals surface area contributed by atoms with Crippen LogP contribution in [0.1, 0.15) is 0 Å². The summed E-state index contributed by atoms with van der Waals surface area (Å²) in [6, 6.07) is 0. The summed E-state index contributed by atoms with van der Waals surface area (Å²) in [6.07, 6.45) is 6.48. The molecule has 0 amide bonds. The first kappa shape index (κ1) is 4.76. The first-order valence-corrected chi connectivity index (χ1v) is 2.70. The Balaban J connectivity index is 2.20. The first-order chi connectivity index (χ1) is 3.50. The van der Waals surface area contributed by atoms with E-state index >= 15 is 0 Å². The highest BCUT2D eigenvalue weighted by molar-refractivity contribution is 6.36. The molecular weight excluding hydrogens is 84.9 g/mol. The molecule has 0 saturated carbocycles. The predicted octanol–water partition coefficient (Wildman–Crippen LogP) is 0.644. The molecule has 0 aromatic rings. The van der Waals surface area contributed by atoms with Crippen LogP contribution in [-0.2, 0) is 0 Å². The van der Waals surface area contributed by atoms with E-state index in [0.717, 1.165) is 12.9 Å². The Kier molecular flexibility index (Phi) is 1.85. The third-order valence-electron chi connectivity index (χ3n) is 1.03. The molecule has 1 aliphatic rings. The molecule has 0 atom stereocenters. The van der Waals surface area contributed by atoms with Crippen molar-refractivity contribution in [1.82, 2.24) is 5.32 Å². The predicted molar refractivity (Wildman–Crippen MR) is 32.5 cm³/mol.